The number of hydrogen-bond donors (Lipinski definition) is 0. The van der Waals surface area contributed by atoms with E-state index in [-0.39, 0.29) is 22.2 Å². The molecule has 0 bridgehead atoms. The van der Waals surface area contributed by atoms with Gasteiger partial charge in [-0.05, 0) is 125 Å². The Kier molecular flexibility index (Phi) is 6.53. The summed E-state index contributed by atoms with van der Waals surface area (Å²) < 4.78 is 86.7. The molecule has 0 aliphatic rings. The van der Waals surface area contributed by atoms with Gasteiger partial charge in [-0.3, -0.25) is 9.13 Å². The molecule has 5 aromatic carbocycles. The predicted molar refractivity (Wildman–Crippen MR) is 229 cm³/mol. The summed E-state index contributed by atoms with van der Waals surface area (Å²) >= 11 is 0. The summed E-state index contributed by atoms with van der Waals surface area (Å²) in [5.74, 6) is 1.94. The van der Waals surface area contributed by atoms with Crippen molar-refractivity contribution in [1.82, 2.24) is 19.1 Å². The average molecular weight is 732 g/mol. The normalized spacial score (nSPS) is 15.3. The third-order valence-electron chi connectivity index (χ3n) is 10.3. The molecule has 8 rings (SSSR count). The molecule has 5 heteroatoms. The Bertz CT molecular complexity index is 3050. The zero-order valence-electron chi connectivity index (χ0n) is 41.2. The number of hydrogen-bond acceptors (Lipinski definition) is 3. The van der Waals surface area contributed by atoms with E-state index < -0.39 is 26.0 Å². The Labute approximate surface area is 337 Å². The van der Waals surface area contributed by atoms with Crippen LogP contribution in [-0.2, 0) is 10.8 Å². The third-order valence-corrected chi connectivity index (χ3v) is 10.3. The number of fused-ring (bicyclic) bond motifs is 3. The van der Waals surface area contributed by atoms with E-state index in [1.807, 2.05) is 88.4 Å². The molecule has 0 unspecified atom stereocenters. The van der Waals surface area contributed by atoms with Crippen LogP contribution in [0.15, 0.2) is 122 Å². The van der Waals surface area contributed by atoms with Gasteiger partial charge >= 0.3 is 0 Å². The first-order valence-electron chi connectivity index (χ1n) is 23.0. The first-order chi connectivity index (χ1) is 29.8. The van der Waals surface area contributed by atoms with Crippen LogP contribution >= 0.6 is 0 Å². The molecule has 55 heavy (non-hydrogen) atoms. The van der Waals surface area contributed by atoms with Crippen molar-refractivity contribution in [2.75, 3.05) is 0 Å². The Morgan fingerprint density at radius 2 is 1.25 bits per heavy atom. The lowest BCUT2D eigenvalue weighted by Crippen LogP contribution is -2.13. The molecule has 0 aliphatic carbocycles. The number of benzene rings is 5. The van der Waals surface area contributed by atoms with Crippen LogP contribution in [0.5, 0.6) is 11.5 Å². The number of para-hydroxylation sites is 1. The minimum absolute atomic E-state index is 0.0505. The van der Waals surface area contributed by atoms with E-state index in [1.54, 1.807) is 47.3 Å². The summed E-state index contributed by atoms with van der Waals surface area (Å²) in [7, 11) is 0. The Morgan fingerprint density at radius 1 is 0.582 bits per heavy atom. The Balaban J connectivity index is 1.22. The van der Waals surface area contributed by atoms with Crippen molar-refractivity contribution in [1.29, 1.82) is 0 Å². The standard InChI is InChI=1S/C50H50N4O/c1-31-24-37(49(5,6)7)25-32(2)46(31)35-20-21-51-45(29-35)54-43-17-12-11-16-41(43)42-19-18-40(30-44(42)54)55-39-15-13-14-36(28-39)48-52-22-23-53(48)47-33(3)26-38(27-34(47)4)50(8,9)10/h11-30H,1-10H3/i1D3,3D3,4D3. The maximum Gasteiger partial charge on any atom is 0.144 e. The number of nitrogens with zero attached hydrogens (tertiary/aromatic N) is 4. The highest BCUT2D eigenvalue weighted by Crippen LogP contribution is 2.38. The zero-order chi connectivity index (χ0) is 46.3. The fraction of sp³-hybridized carbons (Fsp3) is 0.240. The minimum atomic E-state index is -2.63. The lowest BCUT2D eigenvalue weighted by Gasteiger charge is -2.23. The van der Waals surface area contributed by atoms with Gasteiger partial charge in [-0.25, -0.2) is 9.97 Å². The van der Waals surface area contributed by atoms with Gasteiger partial charge in [-0.1, -0.05) is 96.1 Å². The molecule has 8 aromatic rings. The van der Waals surface area contributed by atoms with Gasteiger partial charge < -0.3 is 4.74 Å². The van der Waals surface area contributed by atoms with E-state index in [1.165, 1.54) is 6.20 Å². The first-order valence-corrected chi connectivity index (χ1v) is 18.5. The lowest BCUT2D eigenvalue weighted by atomic mass is 9.83. The third kappa shape index (κ3) is 6.62. The number of pyridine rings is 1. The van der Waals surface area contributed by atoms with Crippen molar-refractivity contribution < 1.29 is 17.1 Å². The van der Waals surface area contributed by atoms with E-state index >= 15 is 0 Å². The summed E-state index contributed by atoms with van der Waals surface area (Å²) in [6, 6.07) is 31.9. The van der Waals surface area contributed by atoms with Gasteiger partial charge in [0.1, 0.15) is 23.1 Å². The molecule has 0 radical (unpaired) electrons. The molecule has 276 valence electrons. The molecule has 0 atom stereocenters. The Hall–Kier alpha value is -5.94. The summed E-state index contributed by atoms with van der Waals surface area (Å²) in [4.78, 5) is 9.44. The van der Waals surface area contributed by atoms with E-state index in [9.17, 15) is 0 Å². The molecule has 3 aromatic heterocycles. The molecule has 0 aliphatic heterocycles. The molecule has 5 nitrogen and oxygen atoms in total. The lowest BCUT2D eigenvalue weighted by molar-refractivity contribution is 0.483. The van der Waals surface area contributed by atoms with Crippen LogP contribution in [0.25, 0.3) is 55.8 Å². The summed E-state index contributed by atoms with van der Waals surface area (Å²) in [5, 5.41) is 1.97. The van der Waals surface area contributed by atoms with Crippen molar-refractivity contribution in [2.45, 2.75) is 79.9 Å². The highest BCUT2D eigenvalue weighted by Gasteiger charge is 2.21. The molecule has 0 amide bonds. The van der Waals surface area contributed by atoms with E-state index in [2.05, 4.69) is 42.5 Å². The second kappa shape index (κ2) is 13.4. The van der Waals surface area contributed by atoms with Crippen LogP contribution in [0, 0.1) is 27.5 Å². The van der Waals surface area contributed by atoms with E-state index in [4.69, 9.17) is 22.1 Å². The topological polar surface area (TPSA) is 44.9 Å². The highest BCUT2D eigenvalue weighted by molar-refractivity contribution is 6.09. The second-order valence-electron chi connectivity index (χ2n) is 16.3. The molecule has 0 saturated carbocycles. The van der Waals surface area contributed by atoms with Crippen LogP contribution in [0.1, 0.15) is 87.3 Å². The molecule has 0 N–H and O–H groups in total. The fourth-order valence-corrected chi connectivity index (χ4v) is 7.42. The van der Waals surface area contributed by atoms with Crippen LogP contribution in [0.4, 0.5) is 0 Å². The van der Waals surface area contributed by atoms with Gasteiger partial charge in [-0.2, -0.15) is 0 Å². The van der Waals surface area contributed by atoms with Crippen molar-refractivity contribution >= 4 is 21.8 Å². The molecule has 0 saturated heterocycles. The summed E-state index contributed by atoms with van der Waals surface area (Å²) in [5.41, 5.74) is 5.58. The van der Waals surface area contributed by atoms with Gasteiger partial charge in [0.2, 0.25) is 0 Å². The molecule has 3 heterocycles. The van der Waals surface area contributed by atoms with E-state index in [0.717, 1.165) is 38.5 Å². The first kappa shape index (κ1) is 26.8. The highest BCUT2D eigenvalue weighted by atomic mass is 16.5. The van der Waals surface area contributed by atoms with Gasteiger partial charge in [0.15, 0.2) is 0 Å². The molecule has 0 spiro atoms. The monoisotopic (exact) mass is 731 g/mol. The Morgan fingerprint density at radius 3 is 1.98 bits per heavy atom. The molecular weight excluding hydrogens is 673 g/mol. The SMILES string of the molecule is [2H]C([2H])([2H])c1cc(C(C)(C)C)cc(C)c1-c1ccnc(-n2c3ccccc3c3ccc(Oc4cccc(-c5nccn5-c5c(C([2H])([2H])[2H])cc(C(C)(C)C)cc5C([2H])([2H])[2H])c4)cc32)c1. The second-order valence-corrected chi connectivity index (χ2v) is 16.3. The number of ether oxygens (including phenoxy) is 1. The van der Waals surface area contributed by atoms with E-state index in [0.29, 0.717) is 45.4 Å². The van der Waals surface area contributed by atoms with Gasteiger partial charge in [-0.15, -0.1) is 0 Å². The number of aromatic nitrogens is 4. The van der Waals surface area contributed by atoms with Crippen LogP contribution in [-0.4, -0.2) is 19.1 Å². The summed E-state index contributed by atoms with van der Waals surface area (Å²) in [6.45, 7) is 6.35. The van der Waals surface area contributed by atoms with Crippen molar-refractivity contribution in [3.05, 3.63) is 155 Å². The number of aryl methyl sites for hydroxylation is 4. The van der Waals surface area contributed by atoms with Crippen molar-refractivity contribution in [3.8, 4) is 45.5 Å². The van der Waals surface area contributed by atoms with Crippen LogP contribution in [0.2, 0.25) is 0 Å². The maximum absolute atomic E-state index is 8.53. The van der Waals surface area contributed by atoms with Crippen molar-refractivity contribution in [2.24, 2.45) is 0 Å². The molecule has 0 fully saturated rings. The smallest absolute Gasteiger partial charge is 0.144 e. The number of imidazole rings is 1. The minimum Gasteiger partial charge on any atom is -0.457 e. The van der Waals surface area contributed by atoms with Crippen LogP contribution in [0.3, 0.4) is 0 Å². The average Bonchev–Trinajstić information content (AvgIpc) is 3.82. The predicted octanol–water partition coefficient (Wildman–Crippen LogP) is 13.3. The number of rotatable bonds is 6. The quantitative estimate of drug-likeness (QED) is 0.171. The maximum atomic E-state index is 8.53. The molecular formula is C50H50N4O. The van der Waals surface area contributed by atoms with Gasteiger partial charge in [0, 0.05) is 53.3 Å². The van der Waals surface area contributed by atoms with Gasteiger partial charge in [0.05, 0.1) is 16.7 Å². The van der Waals surface area contributed by atoms with Gasteiger partial charge in [0.25, 0.3) is 0 Å². The largest absolute Gasteiger partial charge is 0.457 e. The van der Waals surface area contributed by atoms with Crippen LogP contribution < -0.4 is 4.74 Å². The zero-order valence-corrected chi connectivity index (χ0v) is 32.2. The summed E-state index contributed by atoms with van der Waals surface area (Å²) in [6.07, 6.45) is 4.82. The van der Waals surface area contributed by atoms with Crippen molar-refractivity contribution in [3.63, 3.8) is 0 Å². The fourth-order valence-electron chi connectivity index (χ4n) is 7.42.